The maximum atomic E-state index is 13.4. The number of hydrogen-bond donors (Lipinski definition) is 1. The molecular formula is C31H42N4O4. The lowest BCUT2D eigenvalue weighted by Crippen LogP contribution is -2.39. The van der Waals surface area contributed by atoms with E-state index in [-0.39, 0.29) is 23.8 Å². The third-order valence-corrected chi connectivity index (χ3v) is 6.35. The van der Waals surface area contributed by atoms with Crippen LogP contribution in [0.4, 0.5) is 5.82 Å². The molecule has 8 nitrogen and oxygen atoms in total. The maximum Gasteiger partial charge on any atom is 0.254 e. The van der Waals surface area contributed by atoms with Crippen LogP contribution in [0.2, 0.25) is 0 Å². The van der Waals surface area contributed by atoms with E-state index in [1.54, 1.807) is 41.0 Å². The number of aryl methyl sites for hydroxylation is 1. The van der Waals surface area contributed by atoms with Gasteiger partial charge < -0.3 is 19.7 Å². The summed E-state index contributed by atoms with van der Waals surface area (Å²) >= 11 is 0. The summed E-state index contributed by atoms with van der Waals surface area (Å²) in [5.74, 6) is 0.777. The number of nitrogens with zero attached hydrogens (tertiary/aromatic N) is 3. The lowest BCUT2D eigenvalue weighted by atomic mass is 9.92. The van der Waals surface area contributed by atoms with Gasteiger partial charge in [0.2, 0.25) is 5.91 Å². The van der Waals surface area contributed by atoms with Gasteiger partial charge in [-0.2, -0.15) is 5.10 Å². The first kappa shape index (κ1) is 29.9. The van der Waals surface area contributed by atoms with Gasteiger partial charge in [-0.1, -0.05) is 52.3 Å². The Balaban J connectivity index is 1.80. The van der Waals surface area contributed by atoms with Crippen molar-refractivity contribution in [2.45, 2.75) is 59.3 Å². The van der Waals surface area contributed by atoms with Crippen molar-refractivity contribution in [3.05, 3.63) is 71.4 Å². The highest BCUT2D eigenvalue weighted by molar-refractivity contribution is 5.99. The summed E-state index contributed by atoms with van der Waals surface area (Å²) in [4.78, 5) is 28.3. The molecule has 0 saturated carbocycles. The number of hydrogen-bond acceptors (Lipinski definition) is 5. The van der Waals surface area contributed by atoms with Crippen molar-refractivity contribution >= 4 is 17.6 Å². The van der Waals surface area contributed by atoms with Crippen LogP contribution in [0.1, 0.15) is 68.6 Å². The van der Waals surface area contributed by atoms with Gasteiger partial charge in [0.25, 0.3) is 5.91 Å². The van der Waals surface area contributed by atoms with Gasteiger partial charge in [0, 0.05) is 37.3 Å². The molecule has 210 valence electrons. The van der Waals surface area contributed by atoms with Crippen molar-refractivity contribution in [1.29, 1.82) is 0 Å². The molecule has 0 saturated heterocycles. The fourth-order valence-electron chi connectivity index (χ4n) is 4.04. The lowest BCUT2D eigenvalue weighted by molar-refractivity contribution is -0.117. The van der Waals surface area contributed by atoms with Crippen LogP contribution in [0.3, 0.4) is 0 Å². The van der Waals surface area contributed by atoms with E-state index in [0.29, 0.717) is 37.6 Å². The minimum Gasteiger partial charge on any atom is -0.494 e. The van der Waals surface area contributed by atoms with Gasteiger partial charge in [0.1, 0.15) is 18.1 Å². The highest BCUT2D eigenvalue weighted by Crippen LogP contribution is 2.27. The Labute approximate surface area is 232 Å². The molecule has 2 amide bonds. The number of para-hydroxylation sites is 1. The minimum atomic E-state index is -0.296. The van der Waals surface area contributed by atoms with Crippen LogP contribution < -0.4 is 10.1 Å². The second-order valence-corrected chi connectivity index (χ2v) is 10.7. The van der Waals surface area contributed by atoms with E-state index in [2.05, 4.69) is 33.0 Å². The van der Waals surface area contributed by atoms with E-state index in [4.69, 9.17) is 14.6 Å². The second-order valence-electron chi connectivity index (χ2n) is 10.7. The van der Waals surface area contributed by atoms with Crippen molar-refractivity contribution in [2.24, 2.45) is 0 Å². The number of rotatable bonds is 13. The Hall–Kier alpha value is -3.65. The van der Waals surface area contributed by atoms with Crippen LogP contribution in [-0.2, 0) is 14.9 Å². The summed E-state index contributed by atoms with van der Waals surface area (Å²) in [5, 5.41) is 7.83. The molecule has 0 fully saturated rings. The molecule has 3 rings (SSSR count). The summed E-state index contributed by atoms with van der Waals surface area (Å²) in [7, 11) is 1.62. The molecule has 0 spiro atoms. The average Bonchev–Trinajstić information content (AvgIpc) is 3.32. The Kier molecular flexibility index (Phi) is 10.7. The van der Waals surface area contributed by atoms with Crippen LogP contribution in [0.15, 0.2) is 54.6 Å². The van der Waals surface area contributed by atoms with Crippen molar-refractivity contribution in [3.63, 3.8) is 0 Å². The zero-order chi connectivity index (χ0) is 28.4. The number of carbonyl (C=O) groups is 2. The van der Waals surface area contributed by atoms with Crippen molar-refractivity contribution in [3.8, 4) is 11.4 Å². The minimum absolute atomic E-state index is 0.0961. The number of anilines is 1. The van der Waals surface area contributed by atoms with Gasteiger partial charge in [0.15, 0.2) is 0 Å². The number of ether oxygens (including phenoxy) is 2. The third-order valence-electron chi connectivity index (χ3n) is 6.35. The fourth-order valence-corrected chi connectivity index (χ4v) is 4.04. The number of benzene rings is 2. The first-order chi connectivity index (χ1) is 18.6. The highest BCUT2D eigenvalue weighted by Gasteiger charge is 2.24. The van der Waals surface area contributed by atoms with Crippen LogP contribution >= 0.6 is 0 Å². The molecule has 0 aliphatic carbocycles. The number of amides is 2. The van der Waals surface area contributed by atoms with Gasteiger partial charge in [-0.25, -0.2) is 4.68 Å². The molecule has 1 aromatic heterocycles. The lowest BCUT2D eigenvalue weighted by Gasteiger charge is -2.22. The van der Waals surface area contributed by atoms with Gasteiger partial charge in [-0.15, -0.1) is 0 Å². The summed E-state index contributed by atoms with van der Waals surface area (Å²) in [5.41, 5.74) is 3.08. The fraction of sp³-hybridized carbons (Fsp3) is 0.452. The number of methoxy groups -OCH3 is 1. The van der Waals surface area contributed by atoms with E-state index >= 15 is 0 Å². The Morgan fingerprint density at radius 2 is 1.74 bits per heavy atom. The van der Waals surface area contributed by atoms with Crippen molar-refractivity contribution < 1.29 is 19.1 Å². The second kappa shape index (κ2) is 13.9. The van der Waals surface area contributed by atoms with Gasteiger partial charge in [-0.3, -0.25) is 9.59 Å². The molecule has 0 atom stereocenters. The smallest absolute Gasteiger partial charge is 0.254 e. The van der Waals surface area contributed by atoms with E-state index < -0.39 is 0 Å². The molecule has 0 aliphatic rings. The standard InChI is InChI=1S/C31H42N4O4/c1-7-8-20-39-25-16-14-24(15-17-25)30(37)34(18-11-19-38-6)22-29(36)32-28-21-27(31(3,4)5)33-35(28)26-13-10-9-12-23(26)2/h9-10,12-17,21H,7-8,11,18-20,22H2,1-6H3,(H,32,36). The molecule has 1 N–H and O–H groups in total. The first-order valence-corrected chi connectivity index (χ1v) is 13.6. The topological polar surface area (TPSA) is 85.7 Å². The molecule has 0 radical (unpaired) electrons. The Bertz CT molecular complexity index is 1230. The molecular weight excluding hydrogens is 492 g/mol. The van der Waals surface area contributed by atoms with Gasteiger partial charge in [-0.05, 0) is 55.7 Å². The van der Waals surface area contributed by atoms with E-state index in [0.717, 1.165) is 35.5 Å². The van der Waals surface area contributed by atoms with Crippen LogP contribution in [-0.4, -0.2) is 59.9 Å². The molecule has 0 unspecified atom stereocenters. The molecule has 39 heavy (non-hydrogen) atoms. The van der Waals surface area contributed by atoms with E-state index in [9.17, 15) is 9.59 Å². The largest absolute Gasteiger partial charge is 0.494 e. The average molecular weight is 535 g/mol. The molecule has 0 bridgehead atoms. The zero-order valence-corrected chi connectivity index (χ0v) is 24.1. The number of unbranched alkanes of at least 4 members (excludes halogenated alkanes) is 1. The van der Waals surface area contributed by atoms with Crippen LogP contribution in [0, 0.1) is 6.92 Å². The number of nitrogens with one attached hydrogen (secondary N) is 1. The van der Waals surface area contributed by atoms with Gasteiger partial charge >= 0.3 is 0 Å². The summed E-state index contributed by atoms with van der Waals surface area (Å²) in [6.07, 6.45) is 2.64. The number of aromatic nitrogens is 2. The summed E-state index contributed by atoms with van der Waals surface area (Å²) in [6.45, 7) is 11.8. The van der Waals surface area contributed by atoms with E-state index in [1.807, 2.05) is 37.3 Å². The van der Waals surface area contributed by atoms with Crippen LogP contribution in [0.5, 0.6) is 5.75 Å². The Morgan fingerprint density at radius 3 is 2.38 bits per heavy atom. The molecule has 3 aromatic rings. The normalized spacial score (nSPS) is 11.3. The quantitative estimate of drug-likeness (QED) is 0.281. The summed E-state index contributed by atoms with van der Waals surface area (Å²) in [6, 6.07) is 16.9. The van der Waals surface area contributed by atoms with E-state index in [1.165, 1.54) is 0 Å². The Morgan fingerprint density at radius 1 is 1.03 bits per heavy atom. The number of carbonyl (C=O) groups excluding carboxylic acids is 2. The third kappa shape index (κ3) is 8.42. The zero-order valence-electron chi connectivity index (χ0n) is 24.1. The summed E-state index contributed by atoms with van der Waals surface area (Å²) < 4.78 is 12.7. The predicted octanol–water partition coefficient (Wildman–Crippen LogP) is 5.77. The predicted molar refractivity (Wildman–Crippen MR) is 155 cm³/mol. The first-order valence-electron chi connectivity index (χ1n) is 13.6. The van der Waals surface area contributed by atoms with Crippen molar-refractivity contribution in [2.75, 3.05) is 38.7 Å². The highest BCUT2D eigenvalue weighted by atomic mass is 16.5. The molecule has 8 heteroatoms. The molecule has 2 aromatic carbocycles. The molecule has 1 heterocycles. The van der Waals surface area contributed by atoms with Crippen LogP contribution in [0.25, 0.3) is 5.69 Å². The maximum absolute atomic E-state index is 13.4. The van der Waals surface area contributed by atoms with Gasteiger partial charge in [0.05, 0.1) is 18.0 Å². The van der Waals surface area contributed by atoms with Crippen molar-refractivity contribution in [1.82, 2.24) is 14.7 Å². The SMILES string of the molecule is CCCCOc1ccc(C(=O)N(CCCOC)CC(=O)Nc2cc(C(C)(C)C)nn2-c2ccccc2C)cc1. The molecule has 0 aliphatic heterocycles. The monoisotopic (exact) mass is 534 g/mol.